The van der Waals surface area contributed by atoms with Gasteiger partial charge in [0.25, 0.3) is 0 Å². The van der Waals surface area contributed by atoms with Crippen molar-refractivity contribution < 1.29 is 9.59 Å². The molecule has 1 saturated carbocycles. The Hall–Kier alpha value is -4.73. The van der Waals surface area contributed by atoms with Crippen molar-refractivity contribution in [2.45, 2.75) is 107 Å². The molecule has 3 heteroatoms. The molecule has 7 rings (SSSR count). The minimum absolute atomic E-state index is 0.0451. The SMILES string of the molecule is Cc1cc(C2C(c3ccc(C(=O)c4ccccc4)cc3)C2c2cc(C(C)(C)C)ccc2C)c(C(C)(C)C)cc1Sc1ccc(C(=O)C2=CCCC=C2)cc1. The first-order valence-electron chi connectivity index (χ1n) is 19.4. The van der Waals surface area contributed by atoms with Gasteiger partial charge in [0.2, 0.25) is 0 Å². The van der Waals surface area contributed by atoms with E-state index in [9.17, 15) is 9.59 Å². The number of benzene rings is 5. The van der Waals surface area contributed by atoms with Crippen molar-refractivity contribution in [2.24, 2.45) is 0 Å². The van der Waals surface area contributed by atoms with Crippen molar-refractivity contribution in [3.8, 4) is 0 Å². The van der Waals surface area contributed by atoms with E-state index in [0.29, 0.717) is 17.4 Å². The van der Waals surface area contributed by atoms with E-state index in [2.05, 4.69) is 116 Å². The fourth-order valence-corrected chi connectivity index (χ4v) is 9.00. The normalized spacial score (nSPS) is 18.3. The first kappa shape index (κ1) is 37.6. The van der Waals surface area contributed by atoms with Gasteiger partial charge in [-0.3, -0.25) is 9.59 Å². The molecule has 0 aliphatic heterocycles. The number of aryl methyl sites for hydroxylation is 2. The molecule has 0 saturated heterocycles. The zero-order chi connectivity index (χ0) is 38.4. The Morgan fingerprint density at radius 2 is 1.22 bits per heavy atom. The van der Waals surface area contributed by atoms with Gasteiger partial charge in [0.1, 0.15) is 0 Å². The molecule has 0 heterocycles. The molecule has 5 aromatic carbocycles. The maximum atomic E-state index is 13.3. The van der Waals surface area contributed by atoms with E-state index in [1.54, 1.807) is 11.8 Å². The van der Waals surface area contributed by atoms with Crippen LogP contribution in [0.3, 0.4) is 0 Å². The Morgan fingerprint density at radius 1 is 0.593 bits per heavy atom. The summed E-state index contributed by atoms with van der Waals surface area (Å²) in [6, 6.07) is 38.0. The van der Waals surface area contributed by atoms with Gasteiger partial charge in [-0.15, -0.1) is 0 Å². The van der Waals surface area contributed by atoms with Crippen LogP contribution in [0.25, 0.3) is 0 Å². The summed E-state index contributed by atoms with van der Waals surface area (Å²) >= 11 is 1.77. The fourth-order valence-electron chi connectivity index (χ4n) is 8.07. The zero-order valence-electron chi connectivity index (χ0n) is 33.0. The second kappa shape index (κ2) is 14.8. The summed E-state index contributed by atoms with van der Waals surface area (Å²) in [6.45, 7) is 18.3. The monoisotopic (exact) mass is 728 g/mol. The Labute approximate surface area is 326 Å². The summed E-state index contributed by atoms with van der Waals surface area (Å²) < 4.78 is 0. The Balaban J connectivity index is 1.25. The lowest BCUT2D eigenvalue weighted by atomic mass is 9.80. The maximum absolute atomic E-state index is 13.3. The molecule has 3 atom stereocenters. The van der Waals surface area contributed by atoms with Gasteiger partial charge in [-0.2, -0.15) is 0 Å². The molecule has 2 nitrogen and oxygen atoms in total. The highest BCUT2D eigenvalue weighted by Crippen LogP contribution is 2.68. The second-order valence-electron chi connectivity index (χ2n) is 17.3. The third-order valence-corrected chi connectivity index (χ3v) is 12.4. The molecule has 1 fully saturated rings. The average molecular weight is 729 g/mol. The summed E-state index contributed by atoms with van der Waals surface area (Å²) in [5.41, 5.74) is 12.3. The number of ketones is 2. The lowest BCUT2D eigenvalue weighted by Crippen LogP contribution is -2.15. The van der Waals surface area contributed by atoms with E-state index in [4.69, 9.17) is 0 Å². The molecular weight excluding hydrogens is 677 g/mol. The van der Waals surface area contributed by atoms with Gasteiger partial charge in [0.15, 0.2) is 11.6 Å². The van der Waals surface area contributed by atoms with Crippen molar-refractivity contribution in [2.75, 3.05) is 0 Å². The smallest absolute Gasteiger partial charge is 0.193 e. The van der Waals surface area contributed by atoms with E-state index in [0.717, 1.165) is 34.4 Å². The number of rotatable bonds is 9. The zero-order valence-corrected chi connectivity index (χ0v) is 33.8. The van der Waals surface area contributed by atoms with Crippen molar-refractivity contribution in [1.82, 2.24) is 0 Å². The Bertz CT molecular complexity index is 2260. The van der Waals surface area contributed by atoms with Gasteiger partial charge >= 0.3 is 0 Å². The molecule has 2 aliphatic carbocycles. The lowest BCUT2D eigenvalue weighted by molar-refractivity contribution is 0.103. The third-order valence-electron chi connectivity index (χ3n) is 11.2. The van der Waals surface area contributed by atoms with Gasteiger partial charge in [-0.05, 0) is 125 Å². The maximum Gasteiger partial charge on any atom is 0.193 e. The molecule has 3 unspecified atom stereocenters. The second-order valence-corrected chi connectivity index (χ2v) is 18.4. The van der Waals surface area contributed by atoms with Crippen LogP contribution in [0, 0.1) is 13.8 Å². The van der Waals surface area contributed by atoms with Gasteiger partial charge in [0, 0.05) is 32.1 Å². The average Bonchev–Trinajstić information content (AvgIpc) is 3.90. The van der Waals surface area contributed by atoms with E-state index >= 15 is 0 Å². The van der Waals surface area contributed by atoms with Gasteiger partial charge in [-0.1, -0.05) is 150 Å². The summed E-state index contributed by atoms with van der Waals surface area (Å²) in [7, 11) is 0. The number of hydrogen-bond donors (Lipinski definition) is 0. The quantitative estimate of drug-likeness (QED) is 0.142. The summed E-state index contributed by atoms with van der Waals surface area (Å²) in [5, 5.41) is 0. The molecule has 0 N–H and O–H groups in total. The Morgan fingerprint density at radius 3 is 1.85 bits per heavy atom. The predicted octanol–water partition coefficient (Wildman–Crippen LogP) is 13.4. The van der Waals surface area contributed by atoms with Crippen LogP contribution in [-0.2, 0) is 10.8 Å². The highest BCUT2D eigenvalue weighted by Gasteiger charge is 2.54. The molecule has 0 bridgehead atoms. The molecule has 2 aliphatic rings. The highest BCUT2D eigenvalue weighted by atomic mass is 32.2. The van der Waals surface area contributed by atoms with Gasteiger partial charge < -0.3 is 0 Å². The van der Waals surface area contributed by atoms with Crippen LogP contribution in [0.15, 0.2) is 143 Å². The van der Waals surface area contributed by atoms with E-state index in [-0.39, 0.29) is 28.3 Å². The van der Waals surface area contributed by atoms with Crippen LogP contribution >= 0.6 is 11.8 Å². The van der Waals surface area contributed by atoms with Crippen LogP contribution in [-0.4, -0.2) is 11.6 Å². The summed E-state index contributed by atoms with van der Waals surface area (Å²) in [5.74, 6) is 1.06. The predicted molar refractivity (Wildman–Crippen MR) is 226 cm³/mol. The Kier molecular flexibility index (Phi) is 10.3. The van der Waals surface area contributed by atoms with E-state index in [1.165, 1.54) is 43.8 Å². The van der Waals surface area contributed by atoms with Crippen LogP contribution < -0.4 is 0 Å². The molecule has 54 heavy (non-hydrogen) atoms. The molecule has 0 amide bonds. The van der Waals surface area contributed by atoms with E-state index < -0.39 is 0 Å². The minimum Gasteiger partial charge on any atom is -0.289 e. The lowest BCUT2D eigenvalue weighted by Gasteiger charge is -2.26. The number of allylic oxidation sites excluding steroid dienone is 4. The number of carbonyl (C=O) groups is 2. The van der Waals surface area contributed by atoms with Crippen molar-refractivity contribution in [3.63, 3.8) is 0 Å². The number of carbonyl (C=O) groups excluding carboxylic acids is 2. The number of hydrogen-bond acceptors (Lipinski definition) is 3. The van der Waals surface area contributed by atoms with Crippen LogP contribution in [0.5, 0.6) is 0 Å². The van der Waals surface area contributed by atoms with Crippen LogP contribution in [0.2, 0.25) is 0 Å². The third kappa shape index (κ3) is 7.75. The van der Waals surface area contributed by atoms with Gasteiger partial charge in [-0.25, -0.2) is 0 Å². The fraction of sp³-hybridized carbons (Fsp3) is 0.294. The van der Waals surface area contributed by atoms with Crippen molar-refractivity contribution in [3.05, 3.63) is 189 Å². The molecule has 0 aromatic heterocycles. The number of Topliss-reactive ketones (excluding diaryl/α,β-unsaturated/α-hetero) is 1. The molecule has 0 radical (unpaired) electrons. The van der Waals surface area contributed by atoms with Crippen molar-refractivity contribution >= 4 is 23.3 Å². The van der Waals surface area contributed by atoms with Crippen molar-refractivity contribution in [1.29, 1.82) is 0 Å². The largest absolute Gasteiger partial charge is 0.289 e. The standard InChI is InChI=1S/C51H52O2S/c1-32-19-26-39(50(3,4)5)30-41(32)46-45(34-20-22-37(23-21-34)48(52)35-15-11-9-12-16-35)47(46)42-29-33(2)44(31-43(42)51(6,7)8)54-40-27-24-38(25-28-40)49(53)36-17-13-10-14-18-36/h9,11-13,15-31,45-47H,10,14H2,1-8H3. The molecule has 274 valence electrons. The van der Waals surface area contributed by atoms with Gasteiger partial charge in [0.05, 0.1) is 0 Å². The summed E-state index contributed by atoms with van der Waals surface area (Å²) in [6.07, 6.45) is 8.00. The minimum atomic E-state index is -0.0815. The molecule has 0 spiro atoms. The molecule has 5 aromatic rings. The van der Waals surface area contributed by atoms with Crippen LogP contribution in [0.4, 0.5) is 0 Å². The summed E-state index contributed by atoms with van der Waals surface area (Å²) in [4.78, 5) is 28.8. The van der Waals surface area contributed by atoms with E-state index in [1.807, 2.05) is 66.7 Å². The first-order valence-corrected chi connectivity index (χ1v) is 20.2. The first-order chi connectivity index (χ1) is 25.7. The topological polar surface area (TPSA) is 34.1 Å². The molecular formula is C51H52O2S. The van der Waals surface area contributed by atoms with Crippen LogP contribution in [0.1, 0.15) is 137 Å². The highest BCUT2D eigenvalue weighted by molar-refractivity contribution is 7.99.